The van der Waals surface area contributed by atoms with Crippen molar-refractivity contribution in [3.05, 3.63) is 74.8 Å². The maximum Gasteiger partial charge on any atom is 0.241 e. The number of benzene rings is 2. The van der Waals surface area contributed by atoms with Gasteiger partial charge in [-0.15, -0.1) is 0 Å². The van der Waals surface area contributed by atoms with Crippen molar-refractivity contribution in [2.75, 3.05) is 18.4 Å². The van der Waals surface area contributed by atoms with Gasteiger partial charge in [-0.25, -0.2) is 18.1 Å². The molecule has 0 unspecified atom stereocenters. The van der Waals surface area contributed by atoms with Crippen LogP contribution in [0.2, 0.25) is 5.02 Å². The summed E-state index contributed by atoms with van der Waals surface area (Å²) < 4.78 is 30.9. The fourth-order valence-corrected chi connectivity index (χ4v) is 6.15. The van der Waals surface area contributed by atoms with E-state index in [0.717, 1.165) is 32.5 Å². The number of sulfonamides is 1. The molecule has 2 aromatic carbocycles. The number of hydrogen-bond donors (Lipinski definition) is 2. The second-order valence-corrected chi connectivity index (χ2v) is 11.1. The average molecular weight is 563 g/mol. The van der Waals surface area contributed by atoms with Gasteiger partial charge in [0, 0.05) is 29.7 Å². The molecular weight excluding hydrogens is 538 g/mol. The van der Waals surface area contributed by atoms with Gasteiger partial charge in [0.1, 0.15) is 5.82 Å². The molecule has 0 amide bonds. The minimum Gasteiger partial charge on any atom is -0.370 e. The second kappa shape index (κ2) is 10.0. The van der Waals surface area contributed by atoms with E-state index in [1.165, 1.54) is 0 Å². The molecule has 0 spiro atoms. The number of aromatic nitrogens is 3. The van der Waals surface area contributed by atoms with Crippen LogP contribution < -0.4 is 10.0 Å². The minimum absolute atomic E-state index is 0.302. The topological polar surface area (TPSA) is 88.4 Å². The van der Waals surface area contributed by atoms with E-state index in [-0.39, 0.29) is 0 Å². The molecule has 0 aliphatic heterocycles. The fraction of sp³-hybridized carbons (Fsp3) is 0.250. The molecule has 4 rings (SSSR count). The Morgan fingerprint density at radius 2 is 1.76 bits per heavy atom. The molecule has 0 fully saturated rings. The van der Waals surface area contributed by atoms with Gasteiger partial charge in [-0.1, -0.05) is 47.5 Å². The van der Waals surface area contributed by atoms with Gasteiger partial charge >= 0.3 is 0 Å². The normalized spacial score (nSPS) is 11.8. The van der Waals surface area contributed by atoms with Gasteiger partial charge in [0.25, 0.3) is 0 Å². The maximum absolute atomic E-state index is 12.9. The number of anilines is 1. The van der Waals surface area contributed by atoms with Crippen molar-refractivity contribution in [2.45, 2.75) is 32.1 Å². The van der Waals surface area contributed by atoms with Gasteiger partial charge in [0.15, 0.2) is 5.65 Å². The van der Waals surface area contributed by atoms with E-state index in [2.05, 4.69) is 31.1 Å². The number of aryl methyl sites for hydroxylation is 3. The van der Waals surface area contributed by atoms with Gasteiger partial charge < -0.3 is 5.32 Å². The lowest BCUT2D eigenvalue weighted by Crippen LogP contribution is -2.27. The van der Waals surface area contributed by atoms with E-state index in [9.17, 15) is 8.42 Å². The predicted octanol–water partition coefficient (Wildman–Crippen LogP) is 5.52. The zero-order chi connectivity index (χ0) is 24.5. The van der Waals surface area contributed by atoms with Gasteiger partial charge in [0.05, 0.1) is 21.3 Å². The Bertz CT molecular complexity index is 1450. The number of nitrogens with zero attached hydrogens (tertiary/aromatic N) is 3. The first kappa shape index (κ1) is 24.7. The van der Waals surface area contributed by atoms with E-state index >= 15 is 0 Å². The molecule has 2 heterocycles. The van der Waals surface area contributed by atoms with Crippen LogP contribution in [-0.4, -0.2) is 36.1 Å². The largest absolute Gasteiger partial charge is 0.370 e. The van der Waals surface area contributed by atoms with Gasteiger partial charge in [-0.05, 0) is 60.3 Å². The molecule has 2 aromatic heterocycles. The Balaban J connectivity index is 1.47. The first-order valence-corrected chi connectivity index (χ1v) is 13.4. The summed E-state index contributed by atoms with van der Waals surface area (Å²) in [6.45, 7) is 6.44. The molecular formula is C24H25BrClN5O2S. The molecule has 0 saturated heterocycles. The molecule has 0 aliphatic carbocycles. The SMILES string of the molecule is Cc1cc(C)c(S(=O)(=O)NCCCNc2cc(-c3ccccc3Cl)nc3c(Br)cnn23)c(C)c1. The first-order chi connectivity index (χ1) is 16.2. The molecule has 0 aliphatic rings. The third kappa shape index (κ3) is 5.12. The summed E-state index contributed by atoms with van der Waals surface area (Å²) >= 11 is 9.88. The van der Waals surface area contributed by atoms with Crippen molar-refractivity contribution in [1.29, 1.82) is 0 Å². The van der Waals surface area contributed by atoms with E-state index in [1.54, 1.807) is 10.7 Å². The lowest BCUT2D eigenvalue weighted by Gasteiger charge is -2.14. The molecule has 0 atom stereocenters. The van der Waals surface area contributed by atoms with E-state index < -0.39 is 10.0 Å². The van der Waals surface area contributed by atoms with Crippen LogP contribution in [0.3, 0.4) is 0 Å². The van der Waals surface area contributed by atoms with E-state index in [1.807, 2.05) is 63.2 Å². The van der Waals surface area contributed by atoms with Crippen LogP contribution in [-0.2, 0) is 10.0 Å². The Morgan fingerprint density at radius 3 is 2.47 bits per heavy atom. The fourth-order valence-electron chi connectivity index (χ4n) is 4.04. The van der Waals surface area contributed by atoms with Crippen molar-refractivity contribution >= 4 is 49.0 Å². The first-order valence-electron chi connectivity index (χ1n) is 10.8. The number of halogens is 2. The van der Waals surface area contributed by atoms with Gasteiger partial charge in [-0.2, -0.15) is 9.61 Å². The molecule has 0 saturated carbocycles. The summed E-state index contributed by atoms with van der Waals surface area (Å²) in [5.74, 6) is 0.735. The number of nitrogens with one attached hydrogen (secondary N) is 2. The van der Waals surface area contributed by atoms with Crippen LogP contribution in [0.15, 0.2) is 58.0 Å². The minimum atomic E-state index is -3.59. The molecule has 34 heavy (non-hydrogen) atoms. The summed E-state index contributed by atoms with van der Waals surface area (Å²) in [7, 11) is -3.59. The van der Waals surface area contributed by atoms with Crippen molar-refractivity contribution in [3.63, 3.8) is 0 Å². The monoisotopic (exact) mass is 561 g/mol. The lowest BCUT2D eigenvalue weighted by atomic mass is 10.1. The van der Waals surface area contributed by atoms with Crippen LogP contribution in [0.1, 0.15) is 23.1 Å². The lowest BCUT2D eigenvalue weighted by molar-refractivity contribution is 0.578. The highest BCUT2D eigenvalue weighted by Crippen LogP contribution is 2.30. The van der Waals surface area contributed by atoms with Crippen LogP contribution in [0, 0.1) is 20.8 Å². The quantitative estimate of drug-likeness (QED) is 0.276. The third-order valence-electron chi connectivity index (χ3n) is 5.40. The van der Waals surface area contributed by atoms with Crippen LogP contribution in [0.5, 0.6) is 0 Å². The Hall–Kier alpha value is -2.46. The van der Waals surface area contributed by atoms with Crippen LogP contribution in [0.25, 0.3) is 16.9 Å². The zero-order valence-electron chi connectivity index (χ0n) is 19.1. The van der Waals surface area contributed by atoms with E-state index in [4.69, 9.17) is 16.6 Å². The molecule has 7 nitrogen and oxygen atoms in total. The Kier molecular flexibility index (Phi) is 7.28. The van der Waals surface area contributed by atoms with Crippen molar-refractivity contribution in [2.24, 2.45) is 0 Å². The average Bonchev–Trinajstić information content (AvgIpc) is 3.13. The van der Waals surface area contributed by atoms with Gasteiger partial charge in [-0.3, -0.25) is 0 Å². The summed E-state index contributed by atoms with van der Waals surface area (Å²) in [5.41, 5.74) is 4.73. The standard InChI is InChI=1S/C24H25BrClN5O2S/c1-15-11-16(2)23(17(3)12-15)34(32,33)29-10-6-9-27-22-13-21(18-7-4-5-8-20(18)26)30-24-19(25)14-28-31(22)24/h4-5,7-8,11-14,27,29H,6,9-10H2,1-3H3. The zero-order valence-corrected chi connectivity index (χ0v) is 22.2. The van der Waals surface area contributed by atoms with Crippen LogP contribution >= 0.6 is 27.5 Å². The smallest absolute Gasteiger partial charge is 0.241 e. The second-order valence-electron chi connectivity index (χ2n) is 8.14. The van der Waals surface area contributed by atoms with E-state index in [0.29, 0.717) is 40.8 Å². The number of rotatable bonds is 8. The molecule has 0 radical (unpaired) electrons. The number of fused-ring (bicyclic) bond motifs is 1. The summed E-state index contributed by atoms with van der Waals surface area (Å²) in [4.78, 5) is 5.05. The summed E-state index contributed by atoms with van der Waals surface area (Å²) in [5, 5.41) is 8.34. The summed E-state index contributed by atoms with van der Waals surface area (Å²) in [6.07, 6.45) is 2.27. The maximum atomic E-state index is 12.9. The van der Waals surface area contributed by atoms with Crippen molar-refractivity contribution < 1.29 is 8.42 Å². The molecule has 2 N–H and O–H groups in total. The molecule has 178 valence electrons. The highest BCUT2D eigenvalue weighted by molar-refractivity contribution is 9.10. The third-order valence-corrected chi connectivity index (χ3v) is 8.06. The highest BCUT2D eigenvalue weighted by atomic mass is 79.9. The highest BCUT2D eigenvalue weighted by Gasteiger charge is 2.19. The van der Waals surface area contributed by atoms with Crippen molar-refractivity contribution in [3.8, 4) is 11.3 Å². The van der Waals surface area contributed by atoms with Crippen molar-refractivity contribution in [1.82, 2.24) is 19.3 Å². The predicted molar refractivity (Wildman–Crippen MR) is 140 cm³/mol. The summed E-state index contributed by atoms with van der Waals surface area (Å²) in [6, 6.07) is 13.2. The Morgan fingerprint density at radius 1 is 1.06 bits per heavy atom. The molecule has 10 heteroatoms. The number of hydrogen-bond acceptors (Lipinski definition) is 5. The Labute approximate surface area is 212 Å². The van der Waals surface area contributed by atoms with Gasteiger partial charge in [0.2, 0.25) is 10.0 Å². The van der Waals surface area contributed by atoms with Crippen LogP contribution in [0.4, 0.5) is 5.82 Å². The molecule has 0 bridgehead atoms. The molecule has 4 aromatic rings.